The lowest BCUT2D eigenvalue weighted by Gasteiger charge is -2.31. The molecule has 6 heteroatoms. The van der Waals surface area contributed by atoms with Crippen molar-refractivity contribution in [2.75, 3.05) is 45.9 Å². The molecule has 1 aromatic carbocycles. The minimum Gasteiger partial charge on any atom is -0.379 e. The van der Waals surface area contributed by atoms with Crippen LogP contribution in [0.15, 0.2) is 29.4 Å². The van der Waals surface area contributed by atoms with E-state index in [1.165, 1.54) is 22.0 Å². The van der Waals surface area contributed by atoms with E-state index in [1.807, 2.05) is 0 Å². The van der Waals surface area contributed by atoms with Crippen molar-refractivity contribution in [3.63, 3.8) is 0 Å². The summed E-state index contributed by atoms with van der Waals surface area (Å²) in [5.74, 6) is 0.897. The van der Waals surface area contributed by atoms with Gasteiger partial charge in [0, 0.05) is 49.3 Å². The predicted molar refractivity (Wildman–Crippen MR) is 113 cm³/mol. The molecule has 0 saturated carbocycles. The van der Waals surface area contributed by atoms with Gasteiger partial charge in [-0.1, -0.05) is 12.1 Å². The Morgan fingerprint density at radius 2 is 2.11 bits per heavy atom. The first-order chi connectivity index (χ1) is 13.2. The molecule has 1 saturated heterocycles. The molecule has 2 aromatic rings. The highest BCUT2D eigenvalue weighted by molar-refractivity contribution is 5.84. The zero-order valence-corrected chi connectivity index (χ0v) is 16.8. The Morgan fingerprint density at radius 3 is 2.89 bits per heavy atom. The summed E-state index contributed by atoms with van der Waals surface area (Å²) >= 11 is 0. The van der Waals surface area contributed by atoms with Crippen LogP contribution in [0.5, 0.6) is 0 Å². The van der Waals surface area contributed by atoms with Gasteiger partial charge in [0.15, 0.2) is 5.96 Å². The van der Waals surface area contributed by atoms with Crippen LogP contribution in [0.2, 0.25) is 0 Å². The second-order valence-electron chi connectivity index (χ2n) is 7.26. The molecule has 1 atom stereocenters. The van der Waals surface area contributed by atoms with E-state index in [4.69, 9.17) is 9.73 Å². The summed E-state index contributed by atoms with van der Waals surface area (Å²) in [4.78, 5) is 10.6. The zero-order valence-electron chi connectivity index (χ0n) is 16.8. The molecule has 1 fully saturated rings. The minimum absolute atomic E-state index is 0.432. The summed E-state index contributed by atoms with van der Waals surface area (Å²) in [5.41, 5.74) is 3.84. The smallest absolute Gasteiger partial charge is 0.191 e. The van der Waals surface area contributed by atoms with Crippen molar-refractivity contribution in [2.24, 2.45) is 4.99 Å². The van der Waals surface area contributed by atoms with Crippen LogP contribution in [-0.4, -0.2) is 67.8 Å². The number of hydrogen-bond donors (Lipinski definition) is 3. The molecule has 148 valence electrons. The summed E-state index contributed by atoms with van der Waals surface area (Å²) in [6.07, 6.45) is 3.09. The Bertz CT molecular complexity index is 748. The third-order valence-electron chi connectivity index (χ3n) is 5.14. The molecule has 0 bridgehead atoms. The number of aryl methyl sites for hydroxylation is 1. The van der Waals surface area contributed by atoms with E-state index >= 15 is 0 Å². The van der Waals surface area contributed by atoms with Gasteiger partial charge in [0.25, 0.3) is 0 Å². The first-order valence-electron chi connectivity index (χ1n) is 10.1. The normalized spacial score (nSPS) is 17.2. The number of aromatic nitrogens is 1. The summed E-state index contributed by atoms with van der Waals surface area (Å²) in [7, 11) is 0. The summed E-state index contributed by atoms with van der Waals surface area (Å²) < 4.78 is 5.43. The van der Waals surface area contributed by atoms with Crippen LogP contribution in [-0.2, 0) is 11.2 Å². The largest absolute Gasteiger partial charge is 0.379 e. The fourth-order valence-electron chi connectivity index (χ4n) is 3.52. The van der Waals surface area contributed by atoms with Gasteiger partial charge in [0.1, 0.15) is 0 Å². The number of aliphatic imine (C=N–C) groups is 1. The Morgan fingerprint density at radius 1 is 1.30 bits per heavy atom. The highest BCUT2D eigenvalue weighted by Crippen LogP contribution is 2.19. The maximum atomic E-state index is 5.43. The van der Waals surface area contributed by atoms with Crippen molar-refractivity contribution in [3.8, 4) is 0 Å². The molecule has 1 aliphatic heterocycles. The number of nitrogens with zero attached hydrogens (tertiary/aromatic N) is 2. The number of fused-ring (bicyclic) bond motifs is 1. The number of guanidine groups is 1. The molecule has 2 heterocycles. The van der Waals surface area contributed by atoms with E-state index in [-0.39, 0.29) is 0 Å². The number of aromatic amines is 1. The SMILES string of the molecule is CCNC(=NCC(C)N1CCOCC1)NCCc1c[nH]c2cc(C)ccc12. The monoisotopic (exact) mass is 371 g/mol. The lowest BCUT2D eigenvalue weighted by Crippen LogP contribution is -2.44. The average Bonchev–Trinajstić information content (AvgIpc) is 3.08. The van der Waals surface area contributed by atoms with Crippen LogP contribution in [0, 0.1) is 6.92 Å². The van der Waals surface area contributed by atoms with Crippen molar-refractivity contribution in [1.29, 1.82) is 0 Å². The second kappa shape index (κ2) is 9.76. The van der Waals surface area contributed by atoms with E-state index in [0.29, 0.717) is 6.04 Å². The van der Waals surface area contributed by atoms with Gasteiger partial charge in [-0.15, -0.1) is 0 Å². The fourth-order valence-corrected chi connectivity index (χ4v) is 3.52. The number of ether oxygens (including phenoxy) is 1. The van der Waals surface area contributed by atoms with Crippen LogP contribution in [0.3, 0.4) is 0 Å². The summed E-state index contributed by atoms with van der Waals surface area (Å²) in [6, 6.07) is 7.01. The maximum Gasteiger partial charge on any atom is 0.191 e. The summed E-state index contributed by atoms with van der Waals surface area (Å²) in [6.45, 7) is 12.6. The third kappa shape index (κ3) is 5.47. The Hall–Kier alpha value is -2.05. The van der Waals surface area contributed by atoms with Crippen LogP contribution in [0.25, 0.3) is 10.9 Å². The van der Waals surface area contributed by atoms with Gasteiger partial charge in [0.2, 0.25) is 0 Å². The Kier molecular flexibility index (Phi) is 7.12. The predicted octanol–water partition coefficient (Wildman–Crippen LogP) is 2.29. The van der Waals surface area contributed by atoms with E-state index in [9.17, 15) is 0 Å². The molecule has 1 aromatic heterocycles. The van der Waals surface area contributed by atoms with E-state index in [2.05, 4.69) is 65.7 Å². The molecule has 3 rings (SSSR count). The van der Waals surface area contributed by atoms with E-state index in [1.54, 1.807) is 0 Å². The second-order valence-corrected chi connectivity index (χ2v) is 7.26. The quantitative estimate of drug-likeness (QED) is 0.516. The fraction of sp³-hybridized carbons (Fsp3) is 0.571. The van der Waals surface area contributed by atoms with Crippen LogP contribution >= 0.6 is 0 Å². The molecule has 6 nitrogen and oxygen atoms in total. The van der Waals surface area contributed by atoms with Crippen molar-refractivity contribution in [2.45, 2.75) is 33.2 Å². The van der Waals surface area contributed by atoms with E-state index in [0.717, 1.165) is 58.3 Å². The van der Waals surface area contributed by atoms with Crippen LogP contribution < -0.4 is 10.6 Å². The minimum atomic E-state index is 0.432. The lowest BCUT2D eigenvalue weighted by atomic mass is 10.1. The van der Waals surface area contributed by atoms with Crippen LogP contribution in [0.4, 0.5) is 0 Å². The van der Waals surface area contributed by atoms with Crippen molar-refractivity contribution in [3.05, 3.63) is 35.5 Å². The van der Waals surface area contributed by atoms with Gasteiger partial charge in [-0.05, 0) is 44.4 Å². The highest BCUT2D eigenvalue weighted by atomic mass is 16.5. The van der Waals surface area contributed by atoms with Gasteiger partial charge in [-0.25, -0.2) is 0 Å². The third-order valence-corrected chi connectivity index (χ3v) is 5.14. The number of benzene rings is 1. The summed E-state index contributed by atoms with van der Waals surface area (Å²) in [5, 5.41) is 8.14. The van der Waals surface area contributed by atoms with Gasteiger partial charge >= 0.3 is 0 Å². The number of nitrogens with one attached hydrogen (secondary N) is 3. The standard InChI is InChI=1S/C21H33N5O/c1-4-22-21(25-14-17(3)26-9-11-27-12-10-26)23-8-7-18-15-24-20-13-16(2)5-6-19(18)20/h5-6,13,15,17,24H,4,7-12,14H2,1-3H3,(H2,22,23,25). The number of morpholine rings is 1. The number of hydrogen-bond acceptors (Lipinski definition) is 3. The molecule has 27 heavy (non-hydrogen) atoms. The Balaban J connectivity index is 1.52. The lowest BCUT2D eigenvalue weighted by molar-refractivity contribution is 0.0220. The van der Waals surface area contributed by atoms with Gasteiger partial charge in [0.05, 0.1) is 19.8 Å². The van der Waals surface area contributed by atoms with Crippen molar-refractivity contribution >= 4 is 16.9 Å². The van der Waals surface area contributed by atoms with Crippen molar-refractivity contribution in [1.82, 2.24) is 20.5 Å². The Labute approximate surface area is 162 Å². The molecule has 0 amide bonds. The molecular weight excluding hydrogens is 338 g/mol. The molecule has 0 spiro atoms. The maximum absolute atomic E-state index is 5.43. The molecule has 3 N–H and O–H groups in total. The molecule has 1 aliphatic rings. The number of H-pyrrole nitrogens is 1. The molecule has 0 aliphatic carbocycles. The first-order valence-corrected chi connectivity index (χ1v) is 10.1. The van der Waals surface area contributed by atoms with Crippen LogP contribution in [0.1, 0.15) is 25.0 Å². The molecular formula is C21H33N5O. The van der Waals surface area contributed by atoms with Gasteiger partial charge in [-0.2, -0.15) is 0 Å². The topological polar surface area (TPSA) is 64.7 Å². The number of rotatable bonds is 7. The molecule has 0 radical (unpaired) electrons. The highest BCUT2D eigenvalue weighted by Gasteiger charge is 2.16. The zero-order chi connectivity index (χ0) is 19.1. The average molecular weight is 372 g/mol. The molecule has 1 unspecified atom stereocenters. The van der Waals surface area contributed by atoms with E-state index < -0.39 is 0 Å². The van der Waals surface area contributed by atoms with Gasteiger partial charge < -0.3 is 20.4 Å². The van der Waals surface area contributed by atoms with Gasteiger partial charge in [-0.3, -0.25) is 9.89 Å². The van der Waals surface area contributed by atoms with Crippen molar-refractivity contribution < 1.29 is 4.74 Å². The first kappa shape index (κ1) is 19.7.